The van der Waals surface area contributed by atoms with Gasteiger partial charge in [0.1, 0.15) is 34.1 Å². The van der Waals surface area contributed by atoms with Crippen LogP contribution in [0, 0.1) is 0 Å². The molecule has 1 aromatic heterocycles. The number of carbonyl (C=O) groups excluding carboxylic acids is 1. The first kappa shape index (κ1) is 30.9. The van der Waals surface area contributed by atoms with Crippen LogP contribution >= 0.6 is 23.2 Å². The first-order chi connectivity index (χ1) is 21.4. The van der Waals surface area contributed by atoms with Gasteiger partial charge in [-0.05, 0) is 17.7 Å². The lowest BCUT2D eigenvalue weighted by atomic mass is 10.1. The van der Waals surface area contributed by atoms with Crippen molar-refractivity contribution in [2.24, 2.45) is 0 Å². The molecule has 0 spiro atoms. The maximum Gasteiger partial charge on any atom is 0.330 e. The smallest absolute Gasteiger partial charge is 0.330 e. The number of amides is 2. The first-order valence-corrected chi connectivity index (χ1v) is 14.5. The van der Waals surface area contributed by atoms with Crippen LogP contribution in [0.5, 0.6) is 11.5 Å². The Balaban J connectivity index is 1.54. The molecule has 1 aliphatic rings. The van der Waals surface area contributed by atoms with Crippen molar-refractivity contribution in [3.63, 3.8) is 0 Å². The van der Waals surface area contributed by atoms with E-state index in [4.69, 9.17) is 42.4 Å². The number of methoxy groups -OCH3 is 2. The Morgan fingerprint density at radius 1 is 1.05 bits per heavy atom. The molecule has 0 saturated heterocycles. The Labute approximate surface area is 266 Å². The Bertz CT molecular complexity index is 1630. The van der Waals surface area contributed by atoms with Gasteiger partial charge >= 0.3 is 6.03 Å². The number of nitrogens with one attached hydrogen (secondary N) is 1. The average molecular weight is 636 g/mol. The molecule has 10 nitrogen and oxygen atoms in total. The van der Waals surface area contributed by atoms with E-state index in [9.17, 15) is 4.79 Å². The minimum Gasteiger partial charge on any atom is -0.495 e. The zero-order valence-electron chi connectivity index (χ0n) is 24.6. The SMILES string of the molecule is C=CCOCN(C)c1ccccc1Nc1ncc2c(n1)N(Cc1ccccc1)C(=O)N(c1c(Cl)c(OC)cc(OC)c1Cl)C2. The van der Waals surface area contributed by atoms with Crippen LogP contribution in [0.25, 0.3) is 0 Å². The van der Waals surface area contributed by atoms with Crippen LogP contribution in [-0.4, -0.2) is 50.6 Å². The lowest BCUT2D eigenvalue weighted by molar-refractivity contribution is 0.166. The topological polar surface area (TPSA) is 92.3 Å². The molecule has 0 fully saturated rings. The highest BCUT2D eigenvalue weighted by molar-refractivity contribution is 6.42. The number of nitrogens with zero attached hydrogens (tertiary/aromatic N) is 5. The van der Waals surface area contributed by atoms with Crippen molar-refractivity contribution in [2.45, 2.75) is 13.1 Å². The number of benzene rings is 3. The number of urea groups is 1. The highest BCUT2D eigenvalue weighted by Crippen LogP contribution is 2.48. The number of carbonyl (C=O) groups is 1. The van der Waals surface area contributed by atoms with Gasteiger partial charge in [-0.15, -0.1) is 6.58 Å². The summed E-state index contributed by atoms with van der Waals surface area (Å²) in [6, 6.07) is 18.6. The van der Waals surface area contributed by atoms with Gasteiger partial charge in [0.2, 0.25) is 5.95 Å². The van der Waals surface area contributed by atoms with Crippen molar-refractivity contribution in [1.82, 2.24) is 9.97 Å². The van der Waals surface area contributed by atoms with Crippen LogP contribution in [0.15, 0.2) is 79.5 Å². The molecule has 228 valence electrons. The lowest BCUT2D eigenvalue weighted by Crippen LogP contribution is -2.47. The largest absolute Gasteiger partial charge is 0.495 e. The summed E-state index contributed by atoms with van der Waals surface area (Å²) >= 11 is 13.5. The molecular weight excluding hydrogens is 603 g/mol. The second-order valence-electron chi connectivity index (χ2n) is 9.87. The number of para-hydroxylation sites is 2. The van der Waals surface area contributed by atoms with Crippen molar-refractivity contribution < 1.29 is 19.0 Å². The summed E-state index contributed by atoms with van der Waals surface area (Å²) in [5.41, 5.74) is 3.54. The van der Waals surface area contributed by atoms with E-state index in [0.29, 0.717) is 42.2 Å². The van der Waals surface area contributed by atoms with Crippen molar-refractivity contribution in [3.8, 4) is 11.5 Å². The van der Waals surface area contributed by atoms with Crippen LogP contribution in [0.2, 0.25) is 10.0 Å². The van der Waals surface area contributed by atoms with E-state index in [-0.39, 0.29) is 34.9 Å². The Hall–Kier alpha value is -4.51. The predicted octanol–water partition coefficient (Wildman–Crippen LogP) is 7.29. The first-order valence-electron chi connectivity index (χ1n) is 13.7. The standard InChI is InChI=1S/C32H32Cl2N6O4/c1-5-15-44-20-38(2)24-14-10-9-13-23(24)36-31-35-17-22-19-39(29-27(33)25(42-3)16-26(43-4)28(29)34)32(41)40(30(22)37-31)18-21-11-7-6-8-12-21/h5-14,16-17H,1,15,18-20H2,2-4H3,(H,35,36,37). The summed E-state index contributed by atoms with van der Waals surface area (Å²) in [7, 11) is 4.90. The fraction of sp³-hybridized carbons (Fsp3) is 0.219. The molecule has 5 rings (SSSR count). The molecule has 0 aliphatic carbocycles. The summed E-state index contributed by atoms with van der Waals surface area (Å²) in [5, 5.41) is 3.69. The average Bonchev–Trinajstić information content (AvgIpc) is 3.04. The van der Waals surface area contributed by atoms with E-state index in [1.807, 2.05) is 66.5 Å². The number of fused-ring (bicyclic) bond motifs is 1. The fourth-order valence-corrected chi connectivity index (χ4v) is 5.55. The molecule has 1 aliphatic heterocycles. The van der Waals surface area contributed by atoms with Crippen LogP contribution in [0.4, 0.5) is 33.6 Å². The zero-order valence-corrected chi connectivity index (χ0v) is 26.1. The van der Waals surface area contributed by atoms with Crippen molar-refractivity contribution in [3.05, 3.63) is 101 Å². The summed E-state index contributed by atoms with van der Waals surface area (Å²) < 4.78 is 16.5. The van der Waals surface area contributed by atoms with Crippen LogP contribution in [-0.2, 0) is 17.8 Å². The van der Waals surface area contributed by atoms with Crippen molar-refractivity contribution >= 4 is 58.1 Å². The van der Waals surface area contributed by atoms with Gasteiger partial charge in [0.25, 0.3) is 0 Å². The molecule has 0 atom stereocenters. The Morgan fingerprint density at radius 3 is 2.41 bits per heavy atom. The van der Waals surface area contributed by atoms with Gasteiger partial charge in [-0.2, -0.15) is 4.98 Å². The van der Waals surface area contributed by atoms with Gasteiger partial charge in [0.05, 0.1) is 51.0 Å². The number of anilines is 5. The highest BCUT2D eigenvalue weighted by atomic mass is 35.5. The monoisotopic (exact) mass is 634 g/mol. The van der Waals surface area contributed by atoms with Gasteiger partial charge in [-0.1, -0.05) is 71.7 Å². The minimum atomic E-state index is -0.371. The number of hydrogen-bond acceptors (Lipinski definition) is 8. The second kappa shape index (κ2) is 13.9. The van der Waals surface area contributed by atoms with Gasteiger partial charge in [0, 0.05) is 24.9 Å². The molecule has 0 bridgehead atoms. The molecule has 44 heavy (non-hydrogen) atoms. The van der Waals surface area contributed by atoms with E-state index in [1.165, 1.54) is 19.1 Å². The van der Waals surface area contributed by atoms with Crippen LogP contribution < -0.4 is 29.5 Å². The molecule has 4 aromatic rings. The lowest BCUT2D eigenvalue weighted by Gasteiger charge is -2.37. The molecule has 12 heteroatoms. The van der Waals surface area contributed by atoms with Gasteiger partial charge in [-0.3, -0.25) is 9.80 Å². The molecule has 0 unspecified atom stereocenters. The second-order valence-corrected chi connectivity index (χ2v) is 10.6. The third-order valence-electron chi connectivity index (χ3n) is 6.97. The maximum absolute atomic E-state index is 14.3. The van der Waals surface area contributed by atoms with E-state index in [1.54, 1.807) is 23.2 Å². The van der Waals surface area contributed by atoms with E-state index in [2.05, 4.69) is 16.9 Å². The molecule has 0 radical (unpaired) electrons. The summed E-state index contributed by atoms with van der Waals surface area (Å²) in [5.74, 6) is 1.45. The number of rotatable bonds is 12. The summed E-state index contributed by atoms with van der Waals surface area (Å²) in [6.07, 6.45) is 3.40. The highest BCUT2D eigenvalue weighted by Gasteiger charge is 2.36. The molecule has 2 amide bonds. The Morgan fingerprint density at radius 2 is 1.73 bits per heavy atom. The summed E-state index contributed by atoms with van der Waals surface area (Å²) in [4.78, 5) is 28.8. The molecule has 1 N–H and O–H groups in total. The number of hydrogen-bond donors (Lipinski definition) is 1. The third-order valence-corrected chi connectivity index (χ3v) is 7.70. The molecule has 2 heterocycles. The summed E-state index contributed by atoms with van der Waals surface area (Å²) in [6.45, 7) is 4.87. The van der Waals surface area contributed by atoms with Crippen LogP contribution in [0.1, 0.15) is 11.1 Å². The number of aromatic nitrogens is 2. The molecule has 0 saturated carbocycles. The quantitative estimate of drug-likeness (QED) is 0.0987. The third kappa shape index (κ3) is 6.37. The normalized spacial score (nSPS) is 12.5. The fourth-order valence-electron chi connectivity index (χ4n) is 4.85. The van der Waals surface area contributed by atoms with E-state index in [0.717, 1.165) is 16.9 Å². The van der Waals surface area contributed by atoms with Gasteiger partial charge in [0.15, 0.2) is 0 Å². The maximum atomic E-state index is 14.3. The molecular formula is C32H32Cl2N6O4. The van der Waals surface area contributed by atoms with Crippen molar-refractivity contribution in [1.29, 1.82) is 0 Å². The number of ether oxygens (including phenoxy) is 3. The molecule has 3 aromatic carbocycles. The van der Waals surface area contributed by atoms with Crippen molar-refractivity contribution in [2.75, 3.05) is 54.6 Å². The van der Waals surface area contributed by atoms with Gasteiger partial charge in [-0.25, -0.2) is 9.78 Å². The van der Waals surface area contributed by atoms with Crippen LogP contribution in [0.3, 0.4) is 0 Å². The van der Waals surface area contributed by atoms with Gasteiger partial charge < -0.3 is 24.4 Å². The number of halogens is 2. The van der Waals surface area contributed by atoms with E-state index < -0.39 is 0 Å². The predicted molar refractivity (Wildman–Crippen MR) is 175 cm³/mol. The van der Waals surface area contributed by atoms with E-state index >= 15 is 0 Å². The Kier molecular flexibility index (Phi) is 9.74. The zero-order chi connectivity index (χ0) is 31.2. The minimum absolute atomic E-state index is 0.121.